The van der Waals surface area contributed by atoms with Crippen molar-refractivity contribution in [2.45, 2.75) is 19.4 Å². The van der Waals surface area contributed by atoms with Gasteiger partial charge in [-0.25, -0.2) is 8.78 Å². The second kappa shape index (κ2) is 6.28. The molecule has 5 nitrogen and oxygen atoms in total. The van der Waals surface area contributed by atoms with Crippen molar-refractivity contribution < 1.29 is 18.3 Å². The van der Waals surface area contributed by atoms with E-state index in [4.69, 9.17) is 4.74 Å². The molecule has 1 aliphatic rings. The molecule has 120 valence electrons. The van der Waals surface area contributed by atoms with Crippen LogP contribution in [-0.2, 0) is 0 Å². The number of carbonyl (C=O) groups is 1. The van der Waals surface area contributed by atoms with Crippen molar-refractivity contribution in [1.82, 2.24) is 15.1 Å². The molecule has 7 heteroatoms. The summed E-state index contributed by atoms with van der Waals surface area (Å²) in [6.45, 7) is 2.68. The van der Waals surface area contributed by atoms with E-state index in [2.05, 4.69) is 10.2 Å². The van der Waals surface area contributed by atoms with Gasteiger partial charge in [0, 0.05) is 24.6 Å². The molecule has 2 heterocycles. The predicted molar refractivity (Wildman–Crippen MR) is 78.1 cm³/mol. The van der Waals surface area contributed by atoms with E-state index in [1.807, 2.05) is 6.92 Å². The molecule has 1 aromatic heterocycles. The highest BCUT2D eigenvalue weighted by Gasteiger charge is 2.29. The van der Waals surface area contributed by atoms with Gasteiger partial charge in [-0.15, -0.1) is 5.10 Å². The summed E-state index contributed by atoms with van der Waals surface area (Å²) < 4.78 is 31.9. The van der Waals surface area contributed by atoms with Crippen LogP contribution in [0.3, 0.4) is 0 Å². The quantitative estimate of drug-likeness (QED) is 0.871. The molecule has 1 amide bonds. The number of ether oxygens (including phenoxy) is 1. The number of aryl methyl sites for hydroxylation is 1. The molecule has 1 aliphatic heterocycles. The zero-order chi connectivity index (χ0) is 16.4. The number of hydrogen-bond donors (Lipinski definition) is 0. The molecule has 3 rings (SSSR count). The number of benzene rings is 1. The standard InChI is InChI=1S/C16H15F2N3O2/c1-10-2-5-15(20-19-10)23-12-6-7-21(9-12)16(22)11-3-4-13(17)14(18)8-11/h2-5,8,12H,6-7,9H2,1H3/t12-/m1/s1. The van der Waals surface area contributed by atoms with Gasteiger partial charge in [-0.1, -0.05) is 0 Å². The first kappa shape index (κ1) is 15.3. The number of halogens is 2. The lowest BCUT2D eigenvalue weighted by Gasteiger charge is -2.17. The summed E-state index contributed by atoms with van der Waals surface area (Å²) in [6, 6.07) is 6.66. The lowest BCUT2D eigenvalue weighted by molar-refractivity contribution is 0.0770. The Hall–Kier alpha value is -2.57. The van der Waals surface area contributed by atoms with Crippen LogP contribution in [-0.4, -0.2) is 40.2 Å². The van der Waals surface area contributed by atoms with E-state index < -0.39 is 11.6 Å². The smallest absolute Gasteiger partial charge is 0.254 e. The van der Waals surface area contributed by atoms with Gasteiger partial charge in [-0.2, -0.15) is 5.10 Å². The van der Waals surface area contributed by atoms with E-state index in [1.165, 1.54) is 6.07 Å². The molecule has 1 atom stereocenters. The molecule has 1 fully saturated rings. The van der Waals surface area contributed by atoms with Gasteiger partial charge in [0.2, 0.25) is 5.88 Å². The molecule has 0 unspecified atom stereocenters. The van der Waals surface area contributed by atoms with Crippen molar-refractivity contribution in [3.63, 3.8) is 0 Å². The summed E-state index contributed by atoms with van der Waals surface area (Å²) >= 11 is 0. The number of amides is 1. The Kier molecular flexibility index (Phi) is 4.18. The molecule has 0 N–H and O–H groups in total. The van der Waals surface area contributed by atoms with Gasteiger partial charge >= 0.3 is 0 Å². The summed E-state index contributed by atoms with van der Waals surface area (Å²) in [5.74, 6) is -1.94. The average Bonchev–Trinajstić information content (AvgIpc) is 3.00. The van der Waals surface area contributed by atoms with Crippen LogP contribution in [0.4, 0.5) is 8.78 Å². The molecule has 23 heavy (non-hydrogen) atoms. The van der Waals surface area contributed by atoms with Crippen LogP contribution in [0, 0.1) is 18.6 Å². The van der Waals surface area contributed by atoms with Crippen molar-refractivity contribution in [2.24, 2.45) is 0 Å². The monoisotopic (exact) mass is 319 g/mol. The normalized spacial score (nSPS) is 17.3. The molecule has 0 radical (unpaired) electrons. The van der Waals surface area contributed by atoms with Gasteiger partial charge in [0.1, 0.15) is 6.10 Å². The Morgan fingerprint density at radius 3 is 2.74 bits per heavy atom. The lowest BCUT2D eigenvalue weighted by atomic mass is 10.2. The van der Waals surface area contributed by atoms with E-state index in [0.717, 1.165) is 17.8 Å². The molecule has 2 aromatic rings. The summed E-state index contributed by atoms with van der Waals surface area (Å²) in [5, 5.41) is 7.83. The Morgan fingerprint density at radius 2 is 2.04 bits per heavy atom. The fourth-order valence-electron chi connectivity index (χ4n) is 2.44. The van der Waals surface area contributed by atoms with Gasteiger partial charge < -0.3 is 9.64 Å². The summed E-state index contributed by atoms with van der Waals surface area (Å²) in [6.07, 6.45) is 0.451. The number of rotatable bonds is 3. The Morgan fingerprint density at radius 1 is 1.22 bits per heavy atom. The van der Waals surface area contributed by atoms with Gasteiger partial charge in [-0.05, 0) is 31.2 Å². The zero-order valence-corrected chi connectivity index (χ0v) is 12.5. The Labute approximate surface area is 131 Å². The maximum Gasteiger partial charge on any atom is 0.254 e. The summed E-state index contributed by atoms with van der Waals surface area (Å²) in [5.41, 5.74) is 0.915. The first-order valence-corrected chi connectivity index (χ1v) is 7.24. The lowest BCUT2D eigenvalue weighted by Crippen LogP contribution is -2.31. The minimum absolute atomic E-state index is 0.125. The van der Waals surface area contributed by atoms with Gasteiger partial charge in [0.15, 0.2) is 11.6 Å². The first-order chi connectivity index (χ1) is 11.0. The predicted octanol–water partition coefficient (Wildman–Crippen LogP) is 2.36. The largest absolute Gasteiger partial charge is 0.471 e. The third kappa shape index (κ3) is 3.44. The molecule has 0 bridgehead atoms. The molecule has 0 aliphatic carbocycles. The number of likely N-dealkylation sites (tertiary alicyclic amines) is 1. The zero-order valence-electron chi connectivity index (χ0n) is 12.5. The third-order valence-corrected chi connectivity index (χ3v) is 3.66. The average molecular weight is 319 g/mol. The highest BCUT2D eigenvalue weighted by Crippen LogP contribution is 2.19. The Bertz CT molecular complexity index is 722. The second-order valence-electron chi connectivity index (χ2n) is 5.42. The first-order valence-electron chi connectivity index (χ1n) is 7.24. The van der Waals surface area contributed by atoms with Gasteiger partial charge in [0.05, 0.1) is 12.2 Å². The van der Waals surface area contributed by atoms with E-state index in [0.29, 0.717) is 25.4 Å². The molecular formula is C16H15F2N3O2. The molecule has 0 spiro atoms. The van der Waals surface area contributed by atoms with Crippen LogP contribution >= 0.6 is 0 Å². The van der Waals surface area contributed by atoms with Crippen molar-refractivity contribution in [1.29, 1.82) is 0 Å². The SMILES string of the molecule is Cc1ccc(O[C@@H]2CCN(C(=O)c3ccc(F)c(F)c3)C2)nn1. The van der Waals surface area contributed by atoms with Crippen molar-refractivity contribution in [3.05, 3.63) is 53.2 Å². The number of carbonyl (C=O) groups excluding carboxylic acids is 1. The van der Waals surface area contributed by atoms with Crippen molar-refractivity contribution >= 4 is 5.91 Å². The molecule has 0 saturated carbocycles. The van der Waals surface area contributed by atoms with Gasteiger partial charge in [-0.3, -0.25) is 4.79 Å². The summed E-state index contributed by atoms with van der Waals surface area (Å²) in [7, 11) is 0. The summed E-state index contributed by atoms with van der Waals surface area (Å²) in [4.78, 5) is 13.9. The minimum Gasteiger partial charge on any atom is -0.471 e. The number of hydrogen-bond acceptors (Lipinski definition) is 4. The number of nitrogens with zero attached hydrogens (tertiary/aromatic N) is 3. The fourth-order valence-corrected chi connectivity index (χ4v) is 2.44. The van der Waals surface area contributed by atoms with Crippen LogP contribution < -0.4 is 4.74 Å². The fraction of sp³-hybridized carbons (Fsp3) is 0.312. The number of aromatic nitrogens is 2. The third-order valence-electron chi connectivity index (χ3n) is 3.66. The van der Waals surface area contributed by atoms with Crippen LogP contribution in [0.2, 0.25) is 0 Å². The maximum absolute atomic E-state index is 13.2. The van der Waals surface area contributed by atoms with Crippen molar-refractivity contribution in [3.8, 4) is 5.88 Å². The van der Waals surface area contributed by atoms with Crippen LogP contribution in [0.5, 0.6) is 5.88 Å². The van der Waals surface area contributed by atoms with E-state index in [1.54, 1.807) is 17.0 Å². The highest BCUT2D eigenvalue weighted by atomic mass is 19.2. The topological polar surface area (TPSA) is 55.3 Å². The van der Waals surface area contributed by atoms with E-state index in [9.17, 15) is 13.6 Å². The van der Waals surface area contributed by atoms with Crippen molar-refractivity contribution in [2.75, 3.05) is 13.1 Å². The van der Waals surface area contributed by atoms with Crippen LogP contribution in [0.15, 0.2) is 30.3 Å². The van der Waals surface area contributed by atoms with Crippen LogP contribution in [0.1, 0.15) is 22.5 Å². The second-order valence-corrected chi connectivity index (χ2v) is 5.42. The molecule has 1 aromatic carbocycles. The Balaban J connectivity index is 1.63. The van der Waals surface area contributed by atoms with Crippen LogP contribution in [0.25, 0.3) is 0 Å². The van der Waals surface area contributed by atoms with Gasteiger partial charge in [0.25, 0.3) is 5.91 Å². The molecule has 1 saturated heterocycles. The highest BCUT2D eigenvalue weighted by molar-refractivity contribution is 5.94. The van der Waals surface area contributed by atoms with E-state index in [-0.39, 0.29) is 17.6 Å². The maximum atomic E-state index is 13.2. The molecular weight excluding hydrogens is 304 g/mol. The van der Waals surface area contributed by atoms with E-state index >= 15 is 0 Å². The minimum atomic E-state index is -1.03.